The summed E-state index contributed by atoms with van der Waals surface area (Å²) in [6, 6.07) is 8.17. The molecule has 0 fully saturated rings. The lowest BCUT2D eigenvalue weighted by Crippen LogP contribution is -2.24. The highest BCUT2D eigenvalue weighted by Crippen LogP contribution is 2.16. The fourth-order valence-electron chi connectivity index (χ4n) is 2.22. The molecule has 20 heavy (non-hydrogen) atoms. The SMILES string of the molecule is CC(=O)NCCc1nc2ccccc2n1CCN(C)C. The second-order valence-electron chi connectivity index (χ2n) is 5.20. The first-order valence-electron chi connectivity index (χ1n) is 6.91. The summed E-state index contributed by atoms with van der Waals surface area (Å²) in [5.74, 6) is 1.03. The lowest BCUT2D eigenvalue weighted by atomic mass is 10.3. The minimum Gasteiger partial charge on any atom is -0.356 e. The van der Waals surface area contributed by atoms with Crippen molar-refractivity contribution < 1.29 is 4.79 Å². The van der Waals surface area contributed by atoms with Crippen molar-refractivity contribution in [2.45, 2.75) is 19.9 Å². The smallest absolute Gasteiger partial charge is 0.216 e. The number of likely N-dealkylation sites (N-methyl/N-ethyl adjacent to an activating group) is 1. The Hall–Kier alpha value is -1.88. The number of carbonyl (C=O) groups excluding carboxylic acids is 1. The van der Waals surface area contributed by atoms with Crippen molar-refractivity contribution in [3.05, 3.63) is 30.1 Å². The molecule has 0 bridgehead atoms. The van der Waals surface area contributed by atoms with E-state index in [1.807, 2.05) is 18.2 Å². The molecule has 1 aromatic carbocycles. The van der Waals surface area contributed by atoms with Gasteiger partial charge in [0, 0.05) is 33.0 Å². The maximum Gasteiger partial charge on any atom is 0.216 e. The summed E-state index contributed by atoms with van der Waals surface area (Å²) in [6.45, 7) is 4.03. The van der Waals surface area contributed by atoms with Crippen molar-refractivity contribution in [1.29, 1.82) is 0 Å². The number of para-hydroxylation sites is 2. The van der Waals surface area contributed by atoms with E-state index in [1.165, 1.54) is 6.92 Å². The summed E-state index contributed by atoms with van der Waals surface area (Å²) in [7, 11) is 4.13. The molecule has 0 saturated carbocycles. The topological polar surface area (TPSA) is 50.2 Å². The third-order valence-electron chi connectivity index (χ3n) is 3.23. The van der Waals surface area contributed by atoms with Crippen LogP contribution in [-0.4, -0.2) is 47.5 Å². The van der Waals surface area contributed by atoms with Crippen LogP contribution in [-0.2, 0) is 17.8 Å². The van der Waals surface area contributed by atoms with Crippen LogP contribution >= 0.6 is 0 Å². The standard InChI is InChI=1S/C15H22N4O/c1-12(20)16-9-8-15-17-13-6-4-5-7-14(13)19(15)11-10-18(2)3/h4-7H,8-11H2,1-3H3,(H,16,20). The molecule has 108 valence electrons. The van der Waals surface area contributed by atoms with Crippen LogP contribution in [0.5, 0.6) is 0 Å². The van der Waals surface area contributed by atoms with Gasteiger partial charge in [0.1, 0.15) is 5.82 Å². The fourth-order valence-corrected chi connectivity index (χ4v) is 2.22. The van der Waals surface area contributed by atoms with Gasteiger partial charge in [-0.15, -0.1) is 0 Å². The van der Waals surface area contributed by atoms with E-state index in [1.54, 1.807) is 0 Å². The van der Waals surface area contributed by atoms with Gasteiger partial charge in [0.05, 0.1) is 11.0 Å². The van der Waals surface area contributed by atoms with Crippen LogP contribution in [0.1, 0.15) is 12.7 Å². The molecule has 0 saturated heterocycles. The Bertz CT molecular complexity index is 589. The van der Waals surface area contributed by atoms with E-state index in [4.69, 9.17) is 0 Å². The van der Waals surface area contributed by atoms with E-state index < -0.39 is 0 Å². The molecule has 5 heteroatoms. The predicted octanol–water partition coefficient (Wildman–Crippen LogP) is 1.28. The highest BCUT2D eigenvalue weighted by Gasteiger charge is 2.10. The summed E-state index contributed by atoms with van der Waals surface area (Å²) in [4.78, 5) is 17.8. The zero-order valence-corrected chi connectivity index (χ0v) is 12.4. The molecule has 1 amide bonds. The van der Waals surface area contributed by atoms with Crippen molar-refractivity contribution >= 4 is 16.9 Å². The lowest BCUT2D eigenvalue weighted by Gasteiger charge is -2.13. The molecule has 0 aliphatic heterocycles. The minimum absolute atomic E-state index is 0.000882. The Morgan fingerprint density at radius 3 is 2.80 bits per heavy atom. The molecular formula is C15H22N4O. The average Bonchev–Trinajstić information content (AvgIpc) is 2.73. The van der Waals surface area contributed by atoms with Crippen LogP contribution in [0, 0.1) is 0 Å². The van der Waals surface area contributed by atoms with E-state index >= 15 is 0 Å². The largest absolute Gasteiger partial charge is 0.356 e. The van der Waals surface area contributed by atoms with Crippen molar-refractivity contribution in [2.24, 2.45) is 0 Å². The molecule has 0 radical (unpaired) electrons. The maximum absolute atomic E-state index is 11.0. The van der Waals surface area contributed by atoms with Gasteiger partial charge in [0.15, 0.2) is 0 Å². The number of imidazole rings is 1. The highest BCUT2D eigenvalue weighted by atomic mass is 16.1. The quantitative estimate of drug-likeness (QED) is 0.863. The summed E-state index contributed by atoms with van der Waals surface area (Å²) in [6.07, 6.45) is 0.752. The van der Waals surface area contributed by atoms with Crippen LogP contribution in [0.2, 0.25) is 0 Å². The Morgan fingerprint density at radius 2 is 2.10 bits per heavy atom. The molecule has 0 aliphatic rings. The number of nitrogens with one attached hydrogen (secondary N) is 1. The molecule has 1 heterocycles. The predicted molar refractivity (Wildman–Crippen MR) is 80.7 cm³/mol. The number of carbonyl (C=O) groups is 1. The van der Waals surface area contributed by atoms with E-state index in [9.17, 15) is 4.79 Å². The Kier molecular flexibility index (Phi) is 4.74. The third kappa shape index (κ3) is 3.57. The van der Waals surface area contributed by atoms with Crippen LogP contribution in [0.3, 0.4) is 0 Å². The van der Waals surface area contributed by atoms with Crippen molar-refractivity contribution in [3.8, 4) is 0 Å². The van der Waals surface area contributed by atoms with Crippen LogP contribution < -0.4 is 5.32 Å². The average molecular weight is 274 g/mol. The zero-order chi connectivity index (χ0) is 14.5. The number of hydrogen-bond acceptors (Lipinski definition) is 3. The van der Waals surface area contributed by atoms with Gasteiger partial charge in [0.2, 0.25) is 5.91 Å². The molecule has 0 unspecified atom stereocenters. The normalized spacial score (nSPS) is 11.2. The monoisotopic (exact) mass is 274 g/mol. The molecule has 0 spiro atoms. The summed E-state index contributed by atoms with van der Waals surface area (Å²) in [5.41, 5.74) is 2.18. The molecule has 5 nitrogen and oxygen atoms in total. The van der Waals surface area contributed by atoms with Crippen LogP contribution in [0.25, 0.3) is 11.0 Å². The van der Waals surface area contributed by atoms with Crippen molar-refractivity contribution in [3.63, 3.8) is 0 Å². The first kappa shape index (κ1) is 14.5. The van der Waals surface area contributed by atoms with Crippen molar-refractivity contribution in [2.75, 3.05) is 27.2 Å². The molecule has 2 aromatic rings. The van der Waals surface area contributed by atoms with Gasteiger partial charge in [-0.1, -0.05) is 12.1 Å². The molecule has 1 aromatic heterocycles. The van der Waals surface area contributed by atoms with Gasteiger partial charge in [-0.05, 0) is 26.2 Å². The van der Waals surface area contributed by atoms with E-state index in [-0.39, 0.29) is 5.91 Å². The third-order valence-corrected chi connectivity index (χ3v) is 3.23. The molecule has 0 aliphatic carbocycles. The Morgan fingerprint density at radius 1 is 1.35 bits per heavy atom. The number of aromatic nitrogens is 2. The van der Waals surface area contributed by atoms with E-state index in [2.05, 4.69) is 39.9 Å². The van der Waals surface area contributed by atoms with E-state index in [0.717, 1.165) is 36.4 Å². The molecular weight excluding hydrogens is 252 g/mol. The number of nitrogens with zero attached hydrogens (tertiary/aromatic N) is 3. The van der Waals surface area contributed by atoms with Crippen LogP contribution in [0.15, 0.2) is 24.3 Å². The summed E-state index contributed by atoms with van der Waals surface area (Å²) < 4.78 is 2.25. The second-order valence-corrected chi connectivity index (χ2v) is 5.20. The molecule has 0 atom stereocenters. The van der Waals surface area contributed by atoms with Gasteiger partial charge in [0.25, 0.3) is 0 Å². The summed E-state index contributed by atoms with van der Waals surface area (Å²) in [5, 5.41) is 2.83. The van der Waals surface area contributed by atoms with Crippen LogP contribution in [0.4, 0.5) is 0 Å². The fraction of sp³-hybridized carbons (Fsp3) is 0.467. The lowest BCUT2D eigenvalue weighted by molar-refractivity contribution is -0.118. The van der Waals surface area contributed by atoms with Gasteiger partial charge in [-0.25, -0.2) is 4.98 Å². The first-order chi connectivity index (χ1) is 9.58. The number of fused-ring (bicyclic) bond motifs is 1. The Labute approximate surface area is 119 Å². The number of benzene rings is 1. The second kappa shape index (κ2) is 6.52. The Balaban J connectivity index is 2.21. The van der Waals surface area contributed by atoms with Gasteiger partial charge >= 0.3 is 0 Å². The summed E-state index contributed by atoms with van der Waals surface area (Å²) >= 11 is 0. The maximum atomic E-state index is 11.0. The van der Waals surface area contributed by atoms with Gasteiger partial charge in [-0.2, -0.15) is 0 Å². The highest BCUT2D eigenvalue weighted by molar-refractivity contribution is 5.76. The molecule has 1 N–H and O–H groups in total. The zero-order valence-electron chi connectivity index (χ0n) is 12.4. The minimum atomic E-state index is 0.000882. The van der Waals surface area contributed by atoms with Gasteiger partial charge in [-0.3, -0.25) is 4.79 Å². The van der Waals surface area contributed by atoms with E-state index in [0.29, 0.717) is 6.54 Å². The van der Waals surface area contributed by atoms with Gasteiger partial charge < -0.3 is 14.8 Å². The first-order valence-corrected chi connectivity index (χ1v) is 6.91. The number of rotatable bonds is 6. The molecule has 2 rings (SSSR count). The number of amides is 1. The number of hydrogen-bond donors (Lipinski definition) is 1. The van der Waals surface area contributed by atoms with Crippen molar-refractivity contribution in [1.82, 2.24) is 19.8 Å².